The average Bonchev–Trinajstić information content (AvgIpc) is 3.13. The molecule has 5 heteroatoms. The van der Waals surface area contributed by atoms with Crippen molar-refractivity contribution in [3.63, 3.8) is 0 Å². The number of carbonyl (C=O) groups is 1. The second-order valence-corrected chi connectivity index (χ2v) is 6.35. The minimum atomic E-state index is -0.334. The van der Waals surface area contributed by atoms with E-state index < -0.39 is 0 Å². The highest BCUT2D eigenvalue weighted by Crippen LogP contribution is 2.40. The fourth-order valence-corrected chi connectivity index (χ4v) is 3.64. The predicted octanol–water partition coefficient (Wildman–Crippen LogP) is 4.89. The van der Waals surface area contributed by atoms with Gasteiger partial charge in [0.15, 0.2) is 0 Å². The molecule has 4 nitrogen and oxygen atoms in total. The maximum Gasteiger partial charge on any atom is 0.348 e. The molecule has 1 aromatic heterocycles. The van der Waals surface area contributed by atoms with Crippen LogP contribution in [0.15, 0.2) is 54.6 Å². The first kappa shape index (κ1) is 17.0. The molecule has 0 bridgehead atoms. The predicted molar refractivity (Wildman–Crippen MR) is 99.6 cm³/mol. The Bertz CT molecular complexity index is 799. The highest BCUT2D eigenvalue weighted by atomic mass is 32.1. The summed E-state index contributed by atoms with van der Waals surface area (Å²) >= 11 is 1.42. The first-order chi connectivity index (χ1) is 12.2. The van der Waals surface area contributed by atoms with Gasteiger partial charge in [0.25, 0.3) is 0 Å². The molecule has 0 N–H and O–H groups in total. The standard InChI is InChI=1S/C20H18O4S/c1-22-15-8-4-13(5-9-15)17-12-18(20(21)24-3)25-19(17)14-6-10-16(23-2)11-7-14/h4-12H,1-3H3. The van der Waals surface area contributed by atoms with E-state index in [0.29, 0.717) is 4.88 Å². The molecule has 0 aliphatic rings. The molecule has 0 aliphatic heterocycles. The van der Waals surface area contributed by atoms with Gasteiger partial charge in [-0.3, -0.25) is 0 Å². The topological polar surface area (TPSA) is 44.8 Å². The summed E-state index contributed by atoms with van der Waals surface area (Å²) in [5.41, 5.74) is 3.02. The molecule has 0 saturated carbocycles. The van der Waals surface area contributed by atoms with Crippen LogP contribution < -0.4 is 9.47 Å². The van der Waals surface area contributed by atoms with Crippen molar-refractivity contribution in [1.82, 2.24) is 0 Å². The molecule has 3 rings (SSSR count). The van der Waals surface area contributed by atoms with Gasteiger partial charge in [0.1, 0.15) is 16.4 Å². The van der Waals surface area contributed by atoms with Gasteiger partial charge in [-0.1, -0.05) is 12.1 Å². The minimum absolute atomic E-state index is 0.334. The molecular formula is C20H18O4S. The van der Waals surface area contributed by atoms with Crippen molar-refractivity contribution in [3.05, 3.63) is 59.5 Å². The number of hydrogen-bond donors (Lipinski definition) is 0. The van der Waals surface area contributed by atoms with Crippen LogP contribution in [0.1, 0.15) is 9.67 Å². The number of methoxy groups -OCH3 is 3. The lowest BCUT2D eigenvalue weighted by molar-refractivity contribution is 0.0606. The maximum absolute atomic E-state index is 12.0. The van der Waals surface area contributed by atoms with Crippen molar-refractivity contribution in [3.8, 4) is 33.1 Å². The van der Waals surface area contributed by atoms with E-state index in [1.54, 1.807) is 14.2 Å². The Morgan fingerprint density at radius 2 is 1.32 bits per heavy atom. The van der Waals surface area contributed by atoms with Gasteiger partial charge in [-0.2, -0.15) is 0 Å². The van der Waals surface area contributed by atoms with Crippen LogP contribution in [0, 0.1) is 0 Å². The third-order valence-electron chi connectivity index (χ3n) is 3.87. The number of esters is 1. The Kier molecular flexibility index (Phi) is 5.05. The largest absolute Gasteiger partial charge is 0.497 e. The molecular weight excluding hydrogens is 336 g/mol. The second-order valence-electron chi connectivity index (χ2n) is 5.30. The van der Waals surface area contributed by atoms with Gasteiger partial charge >= 0.3 is 5.97 Å². The van der Waals surface area contributed by atoms with E-state index in [1.807, 2.05) is 54.6 Å². The highest BCUT2D eigenvalue weighted by molar-refractivity contribution is 7.18. The smallest absolute Gasteiger partial charge is 0.348 e. The molecule has 128 valence electrons. The Labute approximate surface area is 150 Å². The zero-order valence-electron chi connectivity index (χ0n) is 14.2. The van der Waals surface area contributed by atoms with E-state index in [1.165, 1.54) is 18.4 Å². The number of thiophene rings is 1. The van der Waals surface area contributed by atoms with Gasteiger partial charge in [0.05, 0.1) is 21.3 Å². The van der Waals surface area contributed by atoms with Crippen LogP contribution >= 0.6 is 11.3 Å². The molecule has 0 aliphatic carbocycles. The molecule has 25 heavy (non-hydrogen) atoms. The molecule has 1 heterocycles. The molecule has 0 atom stereocenters. The molecule has 0 amide bonds. The van der Waals surface area contributed by atoms with Crippen molar-refractivity contribution in [2.24, 2.45) is 0 Å². The highest BCUT2D eigenvalue weighted by Gasteiger charge is 2.17. The first-order valence-corrected chi connectivity index (χ1v) is 8.49. The fourth-order valence-electron chi connectivity index (χ4n) is 2.53. The number of ether oxygens (including phenoxy) is 3. The van der Waals surface area contributed by atoms with Crippen molar-refractivity contribution >= 4 is 17.3 Å². The van der Waals surface area contributed by atoms with Crippen molar-refractivity contribution in [1.29, 1.82) is 0 Å². The number of benzene rings is 2. The van der Waals surface area contributed by atoms with Crippen LogP contribution in [0.3, 0.4) is 0 Å². The van der Waals surface area contributed by atoms with E-state index in [4.69, 9.17) is 14.2 Å². The van der Waals surface area contributed by atoms with Crippen LogP contribution in [0.5, 0.6) is 11.5 Å². The summed E-state index contributed by atoms with van der Waals surface area (Å²) in [6, 6.07) is 17.4. The number of rotatable bonds is 5. The summed E-state index contributed by atoms with van der Waals surface area (Å²) in [7, 11) is 4.66. The van der Waals surface area contributed by atoms with Crippen LogP contribution in [-0.4, -0.2) is 27.3 Å². The fraction of sp³-hybridized carbons (Fsp3) is 0.150. The van der Waals surface area contributed by atoms with Crippen molar-refractivity contribution in [2.45, 2.75) is 0 Å². The van der Waals surface area contributed by atoms with Crippen LogP contribution in [-0.2, 0) is 4.74 Å². The maximum atomic E-state index is 12.0. The van der Waals surface area contributed by atoms with Crippen molar-refractivity contribution < 1.29 is 19.0 Å². The lowest BCUT2D eigenvalue weighted by Crippen LogP contribution is -1.96. The van der Waals surface area contributed by atoms with Gasteiger partial charge in [-0.15, -0.1) is 11.3 Å². The van der Waals surface area contributed by atoms with Crippen molar-refractivity contribution in [2.75, 3.05) is 21.3 Å². The lowest BCUT2D eigenvalue weighted by Gasteiger charge is -2.07. The summed E-state index contributed by atoms with van der Waals surface area (Å²) < 4.78 is 15.3. The Balaban J connectivity index is 2.10. The first-order valence-electron chi connectivity index (χ1n) is 7.67. The molecule has 0 saturated heterocycles. The Hall–Kier alpha value is -2.79. The van der Waals surface area contributed by atoms with E-state index >= 15 is 0 Å². The van der Waals surface area contributed by atoms with E-state index in [9.17, 15) is 4.79 Å². The van der Waals surface area contributed by atoms with E-state index in [-0.39, 0.29) is 5.97 Å². The van der Waals surface area contributed by atoms with Gasteiger partial charge in [-0.05, 0) is 53.6 Å². The SMILES string of the molecule is COC(=O)c1cc(-c2ccc(OC)cc2)c(-c2ccc(OC)cc2)s1. The molecule has 0 fully saturated rings. The third-order valence-corrected chi connectivity index (χ3v) is 5.04. The second kappa shape index (κ2) is 7.40. The number of hydrogen-bond acceptors (Lipinski definition) is 5. The van der Waals surface area contributed by atoms with Crippen LogP contribution in [0.2, 0.25) is 0 Å². The summed E-state index contributed by atoms with van der Waals surface area (Å²) in [5, 5.41) is 0. The number of carbonyl (C=O) groups excluding carboxylic acids is 1. The zero-order chi connectivity index (χ0) is 17.8. The Morgan fingerprint density at radius 3 is 1.80 bits per heavy atom. The van der Waals surface area contributed by atoms with Crippen LogP contribution in [0.25, 0.3) is 21.6 Å². The van der Waals surface area contributed by atoms with E-state index in [0.717, 1.165) is 33.1 Å². The summed E-state index contributed by atoms with van der Waals surface area (Å²) in [6.45, 7) is 0. The third kappa shape index (κ3) is 3.51. The monoisotopic (exact) mass is 354 g/mol. The molecule has 0 spiro atoms. The molecule has 3 aromatic rings. The summed E-state index contributed by atoms with van der Waals surface area (Å²) in [6.07, 6.45) is 0. The quantitative estimate of drug-likeness (QED) is 0.612. The minimum Gasteiger partial charge on any atom is -0.497 e. The zero-order valence-corrected chi connectivity index (χ0v) is 15.1. The van der Waals surface area contributed by atoms with Gasteiger partial charge < -0.3 is 14.2 Å². The van der Waals surface area contributed by atoms with E-state index in [2.05, 4.69) is 0 Å². The average molecular weight is 354 g/mol. The lowest BCUT2D eigenvalue weighted by atomic mass is 10.0. The van der Waals surface area contributed by atoms with Gasteiger partial charge in [-0.25, -0.2) is 4.79 Å². The normalized spacial score (nSPS) is 10.4. The Morgan fingerprint density at radius 1 is 0.800 bits per heavy atom. The molecule has 2 aromatic carbocycles. The van der Waals surface area contributed by atoms with Gasteiger partial charge in [0, 0.05) is 10.4 Å². The molecule has 0 unspecified atom stereocenters. The van der Waals surface area contributed by atoms with Gasteiger partial charge in [0.2, 0.25) is 0 Å². The summed E-state index contributed by atoms with van der Waals surface area (Å²) in [4.78, 5) is 13.6. The molecule has 0 radical (unpaired) electrons. The summed E-state index contributed by atoms with van der Waals surface area (Å²) in [5.74, 6) is 1.25. The van der Waals surface area contributed by atoms with Crippen LogP contribution in [0.4, 0.5) is 0 Å².